The Morgan fingerprint density at radius 2 is 1.71 bits per heavy atom. The highest BCUT2D eigenvalue weighted by atomic mass is 79.9. The number of carbonyl (C=O) groups excluding carboxylic acids is 1. The minimum absolute atomic E-state index is 0.106. The van der Waals surface area contributed by atoms with E-state index in [1.807, 2.05) is 37.3 Å². The van der Waals surface area contributed by atoms with Gasteiger partial charge in [-0.3, -0.25) is 13.9 Å². The lowest BCUT2D eigenvalue weighted by Gasteiger charge is -2.07. The molecule has 8 heteroatoms. The Bertz CT molecular complexity index is 1260. The molecule has 1 amide bonds. The molecule has 0 bridgehead atoms. The maximum atomic E-state index is 12.8. The summed E-state index contributed by atoms with van der Waals surface area (Å²) in [6.07, 6.45) is 1.56. The molecule has 0 fully saturated rings. The molecular formula is C20H18BrN5O2. The zero-order valence-electron chi connectivity index (χ0n) is 15.6. The van der Waals surface area contributed by atoms with Crippen LogP contribution in [0.15, 0.2) is 57.9 Å². The van der Waals surface area contributed by atoms with Crippen LogP contribution >= 0.6 is 15.9 Å². The number of hydrogen-bond donors (Lipinski definition) is 1. The number of rotatable bonds is 3. The Balaban J connectivity index is 1.64. The standard InChI is InChI=1S/C20H18BrN5O2/c1-12-16(11-22-26(12)15-7-4-13(21)5-8-15)19(27)23-14-6-9-17-18(10-14)25(3)20(28)24(17)2/h4-11H,1-3H3,(H,23,27). The fraction of sp³-hybridized carbons (Fsp3) is 0.150. The van der Waals surface area contributed by atoms with Crippen molar-refractivity contribution in [2.75, 3.05) is 5.32 Å². The molecule has 0 saturated heterocycles. The maximum Gasteiger partial charge on any atom is 0.328 e. The molecule has 0 spiro atoms. The fourth-order valence-corrected chi connectivity index (χ4v) is 3.52. The van der Waals surface area contributed by atoms with Crippen molar-refractivity contribution in [3.63, 3.8) is 0 Å². The quantitative estimate of drug-likeness (QED) is 0.531. The third kappa shape index (κ3) is 2.95. The van der Waals surface area contributed by atoms with Gasteiger partial charge in [0.05, 0.1) is 34.2 Å². The Hall–Kier alpha value is -3.13. The number of aryl methyl sites for hydroxylation is 2. The highest BCUT2D eigenvalue weighted by molar-refractivity contribution is 9.10. The molecule has 0 atom stereocenters. The second kappa shape index (κ2) is 6.79. The second-order valence-corrected chi connectivity index (χ2v) is 7.51. The number of carbonyl (C=O) groups is 1. The van der Waals surface area contributed by atoms with Gasteiger partial charge in [0.1, 0.15) is 0 Å². The van der Waals surface area contributed by atoms with Gasteiger partial charge in [-0.15, -0.1) is 0 Å². The minimum atomic E-state index is -0.249. The van der Waals surface area contributed by atoms with E-state index >= 15 is 0 Å². The van der Waals surface area contributed by atoms with Gasteiger partial charge in [0.2, 0.25) is 0 Å². The average Bonchev–Trinajstić information content (AvgIpc) is 3.16. The molecule has 0 aliphatic rings. The van der Waals surface area contributed by atoms with E-state index < -0.39 is 0 Å². The molecule has 0 aliphatic heterocycles. The molecule has 0 radical (unpaired) electrons. The first-order valence-electron chi connectivity index (χ1n) is 8.64. The number of aromatic nitrogens is 4. The van der Waals surface area contributed by atoms with E-state index in [2.05, 4.69) is 26.3 Å². The highest BCUT2D eigenvalue weighted by Gasteiger charge is 2.16. The summed E-state index contributed by atoms with van der Waals surface area (Å²) in [5, 5.41) is 7.25. The van der Waals surface area contributed by atoms with Crippen LogP contribution in [0.5, 0.6) is 0 Å². The van der Waals surface area contributed by atoms with Crippen molar-refractivity contribution in [1.82, 2.24) is 18.9 Å². The number of nitrogens with zero attached hydrogens (tertiary/aromatic N) is 4. The van der Waals surface area contributed by atoms with Gasteiger partial charge >= 0.3 is 5.69 Å². The number of hydrogen-bond acceptors (Lipinski definition) is 3. The molecule has 7 nitrogen and oxygen atoms in total. The van der Waals surface area contributed by atoms with E-state index in [-0.39, 0.29) is 11.6 Å². The summed E-state index contributed by atoms with van der Waals surface area (Å²) < 4.78 is 5.84. The van der Waals surface area contributed by atoms with Gasteiger partial charge in [-0.05, 0) is 49.4 Å². The third-order valence-corrected chi connectivity index (χ3v) is 5.38. The molecule has 142 valence electrons. The number of imidazole rings is 1. The van der Waals surface area contributed by atoms with Crippen LogP contribution in [0.2, 0.25) is 0 Å². The topological polar surface area (TPSA) is 73.8 Å². The normalized spacial score (nSPS) is 11.1. The summed E-state index contributed by atoms with van der Waals surface area (Å²) in [5.74, 6) is -0.249. The van der Waals surface area contributed by atoms with Crippen LogP contribution in [-0.4, -0.2) is 24.8 Å². The first kappa shape index (κ1) is 18.2. The van der Waals surface area contributed by atoms with Gasteiger partial charge < -0.3 is 5.32 Å². The number of fused-ring (bicyclic) bond motifs is 1. The lowest BCUT2D eigenvalue weighted by Crippen LogP contribution is -2.19. The van der Waals surface area contributed by atoms with Crippen LogP contribution < -0.4 is 11.0 Å². The summed E-state index contributed by atoms with van der Waals surface area (Å²) in [5.41, 5.74) is 4.19. The number of anilines is 1. The second-order valence-electron chi connectivity index (χ2n) is 6.59. The number of halogens is 1. The first-order chi connectivity index (χ1) is 13.4. The summed E-state index contributed by atoms with van der Waals surface area (Å²) in [7, 11) is 3.44. The van der Waals surface area contributed by atoms with Gasteiger partial charge in [-0.1, -0.05) is 15.9 Å². The molecule has 2 aromatic heterocycles. The van der Waals surface area contributed by atoms with E-state index in [0.717, 1.165) is 26.9 Å². The first-order valence-corrected chi connectivity index (χ1v) is 9.43. The van der Waals surface area contributed by atoms with Crippen LogP contribution in [0.1, 0.15) is 16.1 Å². The summed E-state index contributed by atoms with van der Waals surface area (Å²) in [4.78, 5) is 24.9. The van der Waals surface area contributed by atoms with Crippen molar-refractivity contribution >= 4 is 38.6 Å². The molecule has 0 aliphatic carbocycles. The van der Waals surface area contributed by atoms with Crippen molar-refractivity contribution in [3.8, 4) is 5.69 Å². The Kier molecular flexibility index (Phi) is 4.43. The SMILES string of the molecule is Cc1c(C(=O)Nc2ccc3c(c2)n(C)c(=O)n3C)cnn1-c1ccc(Br)cc1. The van der Waals surface area contributed by atoms with Crippen molar-refractivity contribution in [3.05, 3.63) is 74.9 Å². The molecule has 2 heterocycles. The Labute approximate surface area is 169 Å². The van der Waals surface area contributed by atoms with Crippen LogP contribution in [-0.2, 0) is 14.1 Å². The van der Waals surface area contributed by atoms with Gasteiger partial charge in [0.25, 0.3) is 5.91 Å². The van der Waals surface area contributed by atoms with Crippen LogP contribution in [0.4, 0.5) is 5.69 Å². The van der Waals surface area contributed by atoms with E-state index in [1.165, 1.54) is 0 Å². The van der Waals surface area contributed by atoms with E-state index in [0.29, 0.717) is 11.3 Å². The Morgan fingerprint density at radius 1 is 1.04 bits per heavy atom. The smallest absolute Gasteiger partial charge is 0.322 e. The van der Waals surface area contributed by atoms with Crippen LogP contribution in [0.25, 0.3) is 16.7 Å². The van der Waals surface area contributed by atoms with Crippen molar-refractivity contribution < 1.29 is 4.79 Å². The van der Waals surface area contributed by atoms with Crippen LogP contribution in [0.3, 0.4) is 0 Å². The van der Waals surface area contributed by atoms with Crippen molar-refractivity contribution in [2.24, 2.45) is 14.1 Å². The molecular weight excluding hydrogens is 422 g/mol. The maximum absolute atomic E-state index is 12.8. The molecule has 4 aromatic rings. The number of nitrogens with one attached hydrogen (secondary N) is 1. The lowest BCUT2D eigenvalue weighted by atomic mass is 10.2. The largest absolute Gasteiger partial charge is 0.328 e. The number of amides is 1. The van der Waals surface area contributed by atoms with Crippen LogP contribution in [0, 0.1) is 6.92 Å². The highest BCUT2D eigenvalue weighted by Crippen LogP contribution is 2.20. The predicted molar refractivity (Wildman–Crippen MR) is 112 cm³/mol. The lowest BCUT2D eigenvalue weighted by molar-refractivity contribution is 0.102. The summed E-state index contributed by atoms with van der Waals surface area (Å²) in [6.45, 7) is 1.86. The van der Waals surface area contributed by atoms with Gasteiger partial charge in [0, 0.05) is 24.3 Å². The van der Waals surface area contributed by atoms with Crippen molar-refractivity contribution in [1.29, 1.82) is 0 Å². The van der Waals surface area contributed by atoms with E-state index in [1.54, 1.807) is 46.2 Å². The fourth-order valence-electron chi connectivity index (χ4n) is 3.26. The molecule has 0 unspecified atom stereocenters. The average molecular weight is 440 g/mol. The monoisotopic (exact) mass is 439 g/mol. The molecule has 4 rings (SSSR count). The third-order valence-electron chi connectivity index (χ3n) is 4.86. The molecule has 28 heavy (non-hydrogen) atoms. The predicted octanol–water partition coefficient (Wildman–Crippen LogP) is 3.39. The van der Waals surface area contributed by atoms with Crippen molar-refractivity contribution in [2.45, 2.75) is 6.92 Å². The van der Waals surface area contributed by atoms with Gasteiger partial charge in [-0.2, -0.15) is 5.10 Å². The van der Waals surface area contributed by atoms with Gasteiger partial charge in [0.15, 0.2) is 0 Å². The minimum Gasteiger partial charge on any atom is -0.322 e. The molecule has 0 saturated carbocycles. The van der Waals surface area contributed by atoms with Gasteiger partial charge in [-0.25, -0.2) is 9.48 Å². The van der Waals surface area contributed by atoms with E-state index in [9.17, 15) is 9.59 Å². The molecule has 2 aromatic carbocycles. The number of benzene rings is 2. The summed E-state index contributed by atoms with van der Waals surface area (Å²) >= 11 is 3.41. The van der Waals surface area contributed by atoms with E-state index in [4.69, 9.17) is 0 Å². The summed E-state index contributed by atoms with van der Waals surface area (Å²) in [6, 6.07) is 13.1. The zero-order valence-corrected chi connectivity index (χ0v) is 17.2. The Morgan fingerprint density at radius 3 is 2.43 bits per heavy atom. The molecule has 1 N–H and O–H groups in total. The zero-order chi connectivity index (χ0) is 20.0.